The summed E-state index contributed by atoms with van der Waals surface area (Å²) in [6.45, 7) is 2.67. The predicted molar refractivity (Wildman–Crippen MR) is 51.5 cm³/mol. The van der Waals surface area contributed by atoms with E-state index in [9.17, 15) is 18.0 Å². The van der Waals surface area contributed by atoms with Gasteiger partial charge in [-0.25, -0.2) is 0 Å². The van der Waals surface area contributed by atoms with Gasteiger partial charge in [0.1, 0.15) is 0 Å². The second kappa shape index (κ2) is 3.76. The molecular weight excluding hydrogens is 221 g/mol. The topological polar surface area (TPSA) is 32.3 Å². The number of hydrogen-bond acceptors (Lipinski definition) is 3. The van der Waals surface area contributed by atoms with Gasteiger partial charge in [-0.15, -0.1) is 0 Å². The molecule has 0 aromatic rings. The summed E-state index contributed by atoms with van der Waals surface area (Å²) in [6.07, 6.45) is -2.55. The second-order valence-corrected chi connectivity index (χ2v) is 4.24. The summed E-state index contributed by atoms with van der Waals surface area (Å²) < 4.78 is 36.8. The van der Waals surface area contributed by atoms with E-state index in [0.717, 1.165) is 6.54 Å². The first-order valence-electron chi connectivity index (χ1n) is 5.22. The van der Waals surface area contributed by atoms with E-state index in [0.29, 0.717) is 6.42 Å². The molecule has 2 atom stereocenters. The summed E-state index contributed by atoms with van der Waals surface area (Å²) in [4.78, 5) is 12.9. The van der Waals surface area contributed by atoms with Crippen molar-refractivity contribution in [1.29, 1.82) is 0 Å². The van der Waals surface area contributed by atoms with Gasteiger partial charge in [-0.3, -0.25) is 10.1 Å². The molecule has 0 spiro atoms. The number of hydrogen-bond donors (Lipinski definition) is 1. The van der Waals surface area contributed by atoms with Crippen molar-refractivity contribution in [1.82, 2.24) is 10.2 Å². The lowest BCUT2D eigenvalue weighted by Crippen LogP contribution is -2.39. The van der Waals surface area contributed by atoms with Crippen LogP contribution in [0.15, 0.2) is 11.8 Å². The van der Waals surface area contributed by atoms with Gasteiger partial charge >= 0.3 is 6.18 Å². The van der Waals surface area contributed by atoms with Gasteiger partial charge in [-0.2, -0.15) is 13.2 Å². The van der Waals surface area contributed by atoms with E-state index in [2.05, 4.69) is 5.32 Å². The highest BCUT2D eigenvalue weighted by Crippen LogP contribution is 2.30. The molecule has 2 aliphatic heterocycles. The van der Waals surface area contributed by atoms with Crippen molar-refractivity contribution in [2.24, 2.45) is 0 Å². The van der Waals surface area contributed by atoms with Crippen molar-refractivity contribution in [2.75, 3.05) is 6.54 Å². The normalized spacial score (nSPS) is 30.0. The average molecular weight is 234 g/mol. The number of allylic oxidation sites excluding steroid dienone is 1. The molecule has 0 amide bonds. The molecule has 0 saturated carbocycles. The fourth-order valence-corrected chi connectivity index (χ4v) is 2.18. The quantitative estimate of drug-likeness (QED) is 0.744. The summed E-state index contributed by atoms with van der Waals surface area (Å²) in [5, 5.41) is 3.20. The van der Waals surface area contributed by atoms with E-state index in [1.165, 1.54) is 6.20 Å². The van der Waals surface area contributed by atoms with Gasteiger partial charge in [0, 0.05) is 24.4 Å². The Labute approximate surface area is 91.3 Å². The molecule has 0 aliphatic carbocycles. The van der Waals surface area contributed by atoms with Crippen molar-refractivity contribution >= 4 is 5.78 Å². The summed E-state index contributed by atoms with van der Waals surface area (Å²) in [5.41, 5.74) is -0.126. The Bertz CT molecular complexity index is 337. The summed E-state index contributed by atoms with van der Waals surface area (Å²) in [7, 11) is 0. The van der Waals surface area contributed by atoms with Crippen molar-refractivity contribution in [3.63, 3.8) is 0 Å². The van der Waals surface area contributed by atoms with Gasteiger partial charge in [-0.05, 0) is 19.8 Å². The van der Waals surface area contributed by atoms with Gasteiger partial charge < -0.3 is 4.90 Å². The average Bonchev–Trinajstić information content (AvgIpc) is 2.58. The van der Waals surface area contributed by atoms with Gasteiger partial charge in [0.25, 0.3) is 5.78 Å². The Kier molecular flexibility index (Phi) is 2.69. The first-order valence-corrected chi connectivity index (χ1v) is 5.22. The van der Waals surface area contributed by atoms with Crippen LogP contribution in [0.4, 0.5) is 13.2 Å². The molecule has 2 aliphatic rings. The van der Waals surface area contributed by atoms with Crippen molar-refractivity contribution in [3.8, 4) is 0 Å². The molecule has 0 aromatic heterocycles. The minimum atomic E-state index is -4.75. The summed E-state index contributed by atoms with van der Waals surface area (Å²) in [5.74, 6) is -1.70. The smallest absolute Gasteiger partial charge is 0.358 e. The molecule has 0 unspecified atom stereocenters. The minimum Gasteiger partial charge on any atom is -0.358 e. The Morgan fingerprint density at radius 3 is 2.88 bits per heavy atom. The number of carbonyl (C=O) groups excluding carboxylic acids is 1. The van der Waals surface area contributed by atoms with E-state index in [1.54, 1.807) is 0 Å². The van der Waals surface area contributed by atoms with Crippen molar-refractivity contribution in [3.05, 3.63) is 11.8 Å². The van der Waals surface area contributed by atoms with Crippen LogP contribution in [0, 0.1) is 0 Å². The molecule has 0 aromatic carbocycles. The number of alkyl halides is 3. The number of fused-ring (bicyclic) bond motifs is 1. The van der Waals surface area contributed by atoms with E-state index in [-0.39, 0.29) is 24.2 Å². The number of ketones is 1. The molecule has 16 heavy (non-hydrogen) atoms. The van der Waals surface area contributed by atoms with Crippen LogP contribution in [0.2, 0.25) is 0 Å². The fourth-order valence-electron chi connectivity index (χ4n) is 2.18. The highest BCUT2D eigenvalue weighted by molar-refractivity contribution is 5.99. The molecule has 1 fully saturated rings. The lowest BCUT2D eigenvalue weighted by Gasteiger charge is -2.31. The molecule has 2 rings (SSSR count). The van der Waals surface area contributed by atoms with Crippen LogP contribution in [0.3, 0.4) is 0 Å². The van der Waals surface area contributed by atoms with Gasteiger partial charge in [0.2, 0.25) is 0 Å². The summed E-state index contributed by atoms with van der Waals surface area (Å²) >= 11 is 0. The number of nitrogens with zero attached hydrogens (tertiary/aromatic N) is 1. The van der Waals surface area contributed by atoms with Gasteiger partial charge in [-0.1, -0.05) is 0 Å². The zero-order chi connectivity index (χ0) is 11.9. The number of nitrogens with one attached hydrogen (secondary N) is 1. The molecular formula is C10H13F3N2O. The summed E-state index contributed by atoms with van der Waals surface area (Å²) in [6, 6.07) is 0.140. The largest absolute Gasteiger partial charge is 0.454 e. The maximum absolute atomic E-state index is 12.3. The zero-order valence-electron chi connectivity index (χ0n) is 8.84. The maximum Gasteiger partial charge on any atom is 0.454 e. The molecule has 0 bridgehead atoms. The molecule has 1 saturated heterocycles. The Balaban J connectivity index is 2.18. The number of carbonyl (C=O) groups is 1. The molecule has 6 heteroatoms. The number of halogens is 3. The minimum absolute atomic E-state index is 0.0831. The second-order valence-electron chi connectivity index (χ2n) is 4.24. The molecule has 3 nitrogen and oxygen atoms in total. The van der Waals surface area contributed by atoms with Gasteiger partial charge in [0.15, 0.2) is 0 Å². The standard InChI is InChI=1S/C10H13F3N2O/c1-6-4-14-8-3-2-7(5-15(6)8)9(16)10(11,12)13/h5-6,8,14H,2-4H2,1H3/t6-,8-/m1/s1. The van der Waals surface area contributed by atoms with Crippen LogP contribution in [0.25, 0.3) is 0 Å². The van der Waals surface area contributed by atoms with E-state index >= 15 is 0 Å². The van der Waals surface area contributed by atoms with Crippen LogP contribution < -0.4 is 5.32 Å². The monoisotopic (exact) mass is 234 g/mol. The van der Waals surface area contributed by atoms with Crippen LogP contribution in [0.1, 0.15) is 19.8 Å². The first-order chi connectivity index (χ1) is 7.39. The number of rotatable bonds is 1. The van der Waals surface area contributed by atoms with Crippen molar-refractivity contribution in [2.45, 2.75) is 38.1 Å². The predicted octanol–water partition coefficient (Wildman–Crippen LogP) is 1.42. The lowest BCUT2D eigenvalue weighted by molar-refractivity contribution is -0.167. The zero-order valence-corrected chi connectivity index (χ0v) is 8.84. The van der Waals surface area contributed by atoms with Crippen LogP contribution in [0.5, 0.6) is 0 Å². The first kappa shape index (κ1) is 11.4. The van der Waals surface area contributed by atoms with E-state index < -0.39 is 12.0 Å². The number of Topliss-reactive ketones (excluding diaryl/α,β-unsaturated/α-hetero) is 1. The molecule has 2 heterocycles. The molecule has 90 valence electrons. The van der Waals surface area contributed by atoms with E-state index in [4.69, 9.17) is 0 Å². The lowest BCUT2D eigenvalue weighted by atomic mass is 10.0. The molecule has 0 radical (unpaired) electrons. The molecule has 1 N–H and O–H groups in total. The van der Waals surface area contributed by atoms with Crippen LogP contribution in [-0.4, -0.2) is 35.6 Å². The third-order valence-corrected chi connectivity index (χ3v) is 3.06. The highest BCUT2D eigenvalue weighted by Gasteiger charge is 2.43. The third kappa shape index (κ3) is 1.93. The SMILES string of the molecule is C[C@@H]1CN[C@H]2CCC(C(=O)C(F)(F)F)=CN12. The van der Waals surface area contributed by atoms with Gasteiger partial charge in [0.05, 0.1) is 6.17 Å². The highest BCUT2D eigenvalue weighted by atomic mass is 19.4. The van der Waals surface area contributed by atoms with Crippen molar-refractivity contribution < 1.29 is 18.0 Å². The Hall–Kier alpha value is -1.04. The third-order valence-electron chi connectivity index (χ3n) is 3.06. The van der Waals surface area contributed by atoms with E-state index in [1.807, 2.05) is 11.8 Å². The maximum atomic E-state index is 12.3. The van der Waals surface area contributed by atoms with Crippen LogP contribution in [-0.2, 0) is 4.79 Å². The Morgan fingerprint density at radius 1 is 1.56 bits per heavy atom. The van der Waals surface area contributed by atoms with Crippen LogP contribution >= 0.6 is 0 Å². The Morgan fingerprint density at radius 2 is 2.25 bits per heavy atom. The fraction of sp³-hybridized carbons (Fsp3) is 0.700.